The van der Waals surface area contributed by atoms with Crippen molar-refractivity contribution in [2.24, 2.45) is 5.92 Å². The largest absolute Gasteiger partial charge is 0.353 e. The van der Waals surface area contributed by atoms with E-state index in [1.54, 1.807) is 0 Å². The summed E-state index contributed by atoms with van der Waals surface area (Å²) in [7, 11) is 0. The summed E-state index contributed by atoms with van der Waals surface area (Å²) in [5.41, 5.74) is 0. The fourth-order valence-corrected chi connectivity index (χ4v) is 2.88. The molecule has 2 rings (SSSR count). The van der Waals surface area contributed by atoms with Gasteiger partial charge in [-0.3, -0.25) is 4.79 Å². The van der Waals surface area contributed by atoms with Gasteiger partial charge < -0.3 is 10.6 Å². The van der Waals surface area contributed by atoms with Crippen LogP contribution in [0.1, 0.15) is 51.4 Å². The molecule has 0 aromatic heterocycles. The minimum Gasteiger partial charge on any atom is -0.353 e. The summed E-state index contributed by atoms with van der Waals surface area (Å²) in [6.07, 6.45) is 9.28. The lowest BCUT2D eigenvalue weighted by Crippen LogP contribution is -2.33. The molecule has 0 radical (unpaired) electrons. The van der Waals surface area contributed by atoms with Crippen molar-refractivity contribution in [3.63, 3.8) is 0 Å². The van der Waals surface area contributed by atoms with Gasteiger partial charge in [-0.25, -0.2) is 0 Å². The fraction of sp³-hybridized carbons (Fsp3) is 0.923. The van der Waals surface area contributed by atoms with E-state index in [1.165, 1.54) is 38.5 Å². The number of hydrogen-bond donors (Lipinski definition) is 2. The summed E-state index contributed by atoms with van der Waals surface area (Å²) in [5.74, 6) is 1.06. The molecule has 1 amide bonds. The summed E-state index contributed by atoms with van der Waals surface area (Å²) in [6, 6.07) is 0.487. The third-order valence-electron chi connectivity index (χ3n) is 3.96. The first-order valence-electron chi connectivity index (χ1n) is 6.84. The predicted octanol–water partition coefficient (Wildman–Crippen LogP) is 2.25. The van der Waals surface area contributed by atoms with E-state index in [1.807, 2.05) is 0 Å². The smallest absolute Gasteiger partial charge is 0.220 e. The summed E-state index contributed by atoms with van der Waals surface area (Å²) in [6.45, 7) is 2.27. The Labute approximate surface area is 111 Å². The first kappa shape index (κ1) is 14.8. The highest BCUT2D eigenvalue weighted by Gasteiger charge is 2.18. The zero-order valence-corrected chi connectivity index (χ0v) is 11.4. The maximum Gasteiger partial charge on any atom is 0.220 e. The molecule has 17 heavy (non-hydrogen) atoms. The van der Waals surface area contributed by atoms with Crippen LogP contribution in [-0.4, -0.2) is 25.0 Å². The minimum absolute atomic E-state index is 0. The molecule has 4 heteroatoms. The number of carbonyl (C=O) groups excluding carboxylic acids is 1. The normalized spacial score (nSPS) is 22.1. The molecule has 1 aliphatic heterocycles. The molecular formula is C13H25ClN2O. The lowest BCUT2D eigenvalue weighted by molar-refractivity contribution is -0.122. The van der Waals surface area contributed by atoms with Crippen molar-refractivity contribution in [1.82, 2.24) is 10.6 Å². The van der Waals surface area contributed by atoms with Gasteiger partial charge in [0.2, 0.25) is 5.91 Å². The Morgan fingerprint density at radius 1 is 1.12 bits per heavy atom. The maximum absolute atomic E-state index is 11.7. The predicted molar refractivity (Wildman–Crippen MR) is 72.5 cm³/mol. The molecule has 1 aliphatic carbocycles. The van der Waals surface area contributed by atoms with E-state index in [9.17, 15) is 4.79 Å². The van der Waals surface area contributed by atoms with Gasteiger partial charge in [0, 0.05) is 12.5 Å². The Balaban J connectivity index is 0.00000144. The Bertz CT molecular complexity index is 223. The molecular weight excluding hydrogens is 236 g/mol. The van der Waals surface area contributed by atoms with Gasteiger partial charge in [0.05, 0.1) is 0 Å². The van der Waals surface area contributed by atoms with Crippen LogP contribution in [0.5, 0.6) is 0 Å². The summed E-state index contributed by atoms with van der Waals surface area (Å²) in [5, 5.41) is 6.52. The SMILES string of the molecule is Cl.O=C(CCC1CCNCC1)NC1CCCC1. The average molecular weight is 261 g/mol. The van der Waals surface area contributed by atoms with Crippen molar-refractivity contribution in [2.45, 2.75) is 57.4 Å². The first-order valence-corrected chi connectivity index (χ1v) is 6.84. The molecule has 1 saturated carbocycles. The van der Waals surface area contributed by atoms with E-state index in [-0.39, 0.29) is 18.3 Å². The highest BCUT2D eigenvalue weighted by atomic mass is 35.5. The maximum atomic E-state index is 11.7. The molecule has 3 nitrogen and oxygen atoms in total. The van der Waals surface area contributed by atoms with Gasteiger partial charge in [-0.05, 0) is 51.1 Å². The van der Waals surface area contributed by atoms with E-state index in [2.05, 4.69) is 10.6 Å². The zero-order valence-electron chi connectivity index (χ0n) is 10.5. The van der Waals surface area contributed by atoms with Crippen molar-refractivity contribution in [3.8, 4) is 0 Å². The van der Waals surface area contributed by atoms with Crippen molar-refractivity contribution < 1.29 is 4.79 Å². The van der Waals surface area contributed by atoms with Gasteiger partial charge in [0.25, 0.3) is 0 Å². The Morgan fingerprint density at radius 2 is 1.76 bits per heavy atom. The van der Waals surface area contributed by atoms with Crippen LogP contribution in [0.25, 0.3) is 0 Å². The van der Waals surface area contributed by atoms with Crippen LogP contribution >= 0.6 is 12.4 Å². The van der Waals surface area contributed by atoms with Gasteiger partial charge in [-0.2, -0.15) is 0 Å². The highest BCUT2D eigenvalue weighted by molar-refractivity contribution is 5.85. The van der Waals surface area contributed by atoms with Crippen molar-refractivity contribution in [1.29, 1.82) is 0 Å². The van der Waals surface area contributed by atoms with E-state index in [0.29, 0.717) is 6.04 Å². The van der Waals surface area contributed by atoms with Crippen LogP contribution in [0.15, 0.2) is 0 Å². The van der Waals surface area contributed by atoms with Crippen LogP contribution in [0.4, 0.5) is 0 Å². The third kappa shape index (κ3) is 5.26. The van der Waals surface area contributed by atoms with E-state index >= 15 is 0 Å². The topological polar surface area (TPSA) is 41.1 Å². The molecule has 2 fully saturated rings. The quantitative estimate of drug-likeness (QED) is 0.814. The number of amides is 1. The van der Waals surface area contributed by atoms with E-state index < -0.39 is 0 Å². The summed E-state index contributed by atoms with van der Waals surface area (Å²) >= 11 is 0. The van der Waals surface area contributed by atoms with Crippen molar-refractivity contribution in [2.75, 3.05) is 13.1 Å². The van der Waals surface area contributed by atoms with Crippen LogP contribution in [0, 0.1) is 5.92 Å². The lowest BCUT2D eigenvalue weighted by atomic mass is 9.93. The minimum atomic E-state index is 0. The number of carbonyl (C=O) groups is 1. The monoisotopic (exact) mass is 260 g/mol. The number of halogens is 1. The molecule has 0 unspecified atom stereocenters. The van der Waals surface area contributed by atoms with Gasteiger partial charge in [-0.15, -0.1) is 12.4 Å². The molecule has 2 aliphatic rings. The molecule has 0 atom stereocenters. The van der Waals surface area contributed by atoms with Crippen LogP contribution in [-0.2, 0) is 4.79 Å². The standard InChI is InChI=1S/C13H24N2O.ClH/c16-13(15-12-3-1-2-4-12)6-5-11-7-9-14-10-8-11;/h11-12,14H,1-10H2,(H,15,16);1H. The van der Waals surface area contributed by atoms with Gasteiger partial charge in [0.1, 0.15) is 0 Å². The molecule has 100 valence electrons. The van der Waals surface area contributed by atoms with Crippen LogP contribution in [0.2, 0.25) is 0 Å². The Kier molecular flexibility index (Phi) is 6.90. The second kappa shape index (κ2) is 7.93. The molecule has 0 bridgehead atoms. The van der Waals surface area contributed by atoms with Crippen LogP contribution in [0.3, 0.4) is 0 Å². The molecule has 2 N–H and O–H groups in total. The molecule has 0 aromatic rings. The Morgan fingerprint density at radius 3 is 2.41 bits per heavy atom. The van der Waals surface area contributed by atoms with Gasteiger partial charge >= 0.3 is 0 Å². The summed E-state index contributed by atoms with van der Waals surface area (Å²) < 4.78 is 0. The van der Waals surface area contributed by atoms with Gasteiger partial charge in [0.15, 0.2) is 0 Å². The zero-order chi connectivity index (χ0) is 11.2. The molecule has 0 aromatic carbocycles. The second-order valence-corrected chi connectivity index (χ2v) is 5.28. The average Bonchev–Trinajstić information content (AvgIpc) is 2.81. The third-order valence-corrected chi connectivity index (χ3v) is 3.96. The second-order valence-electron chi connectivity index (χ2n) is 5.28. The highest BCUT2D eigenvalue weighted by Crippen LogP contribution is 2.20. The number of piperidine rings is 1. The van der Waals surface area contributed by atoms with Gasteiger partial charge in [-0.1, -0.05) is 12.8 Å². The fourth-order valence-electron chi connectivity index (χ4n) is 2.88. The Hall–Kier alpha value is -0.280. The van der Waals surface area contributed by atoms with Crippen molar-refractivity contribution >= 4 is 18.3 Å². The first-order chi connectivity index (χ1) is 7.84. The number of nitrogens with one attached hydrogen (secondary N) is 2. The van der Waals surface area contributed by atoms with E-state index in [0.717, 1.165) is 31.8 Å². The van der Waals surface area contributed by atoms with E-state index in [4.69, 9.17) is 0 Å². The van der Waals surface area contributed by atoms with Crippen LogP contribution < -0.4 is 10.6 Å². The van der Waals surface area contributed by atoms with Crippen molar-refractivity contribution in [3.05, 3.63) is 0 Å². The molecule has 1 heterocycles. The molecule has 0 spiro atoms. The lowest BCUT2D eigenvalue weighted by Gasteiger charge is -2.22. The summed E-state index contributed by atoms with van der Waals surface area (Å²) in [4.78, 5) is 11.7. The molecule has 1 saturated heterocycles. The number of hydrogen-bond acceptors (Lipinski definition) is 2. The number of rotatable bonds is 4.